The van der Waals surface area contributed by atoms with Crippen LogP contribution in [0.3, 0.4) is 0 Å². The molecule has 3 aromatic rings. The van der Waals surface area contributed by atoms with Gasteiger partial charge in [0.1, 0.15) is 5.82 Å². The molecule has 0 amide bonds. The first-order valence-electron chi connectivity index (χ1n) is 6.31. The number of fused-ring (bicyclic) bond motifs is 1. The molecule has 0 aliphatic rings. The Labute approximate surface area is 115 Å². The Morgan fingerprint density at radius 1 is 1.20 bits per heavy atom. The monoisotopic (exact) mass is 268 g/mol. The molecular formula is C16H13FN2O. The van der Waals surface area contributed by atoms with Crippen LogP contribution in [-0.2, 0) is 6.61 Å². The number of aliphatic hydroxyl groups is 1. The van der Waals surface area contributed by atoms with Crippen molar-refractivity contribution in [1.29, 1.82) is 0 Å². The highest BCUT2D eigenvalue weighted by Crippen LogP contribution is 2.28. The highest BCUT2D eigenvalue weighted by Gasteiger charge is 2.13. The van der Waals surface area contributed by atoms with Crippen LogP contribution in [0.25, 0.3) is 22.3 Å². The van der Waals surface area contributed by atoms with Crippen LogP contribution >= 0.6 is 0 Å². The van der Waals surface area contributed by atoms with Crippen molar-refractivity contribution >= 4 is 10.9 Å². The molecule has 0 atom stereocenters. The van der Waals surface area contributed by atoms with Crippen molar-refractivity contribution in [3.63, 3.8) is 0 Å². The number of aliphatic hydroxyl groups excluding tert-OH is 1. The van der Waals surface area contributed by atoms with Crippen LogP contribution < -0.4 is 0 Å². The molecule has 0 spiro atoms. The predicted octanol–water partition coefficient (Wildman–Crippen LogP) is 3.24. The summed E-state index contributed by atoms with van der Waals surface area (Å²) in [5.41, 5.74) is 3.54. The van der Waals surface area contributed by atoms with Crippen molar-refractivity contribution in [3.8, 4) is 11.4 Å². The number of aromatic nitrogens is 2. The quantitative estimate of drug-likeness (QED) is 0.776. The average Bonchev–Trinajstić information content (AvgIpc) is 2.48. The molecule has 2 heterocycles. The fourth-order valence-electron chi connectivity index (χ4n) is 2.36. The van der Waals surface area contributed by atoms with Crippen molar-refractivity contribution in [2.24, 2.45) is 0 Å². The van der Waals surface area contributed by atoms with Gasteiger partial charge in [0.15, 0.2) is 0 Å². The summed E-state index contributed by atoms with van der Waals surface area (Å²) in [6.45, 7) is 1.78. The molecule has 0 unspecified atom stereocenters. The molecule has 3 rings (SSSR count). The molecule has 0 bridgehead atoms. The first kappa shape index (κ1) is 12.7. The molecule has 3 nitrogen and oxygen atoms in total. The van der Waals surface area contributed by atoms with Gasteiger partial charge in [-0.25, -0.2) is 9.37 Å². The summed E-state index contributed by atoms with van der Waals surface area (Å²) in [5.74, 6) is -0.343. The van der Waals surface area contributed by atoms with E-state index in [-0.39, 0.29) is 12.4 Å². The number of halogens is 1. The van der Waals surface area contributed by atoms with Crippen LogP contribution in [0.2, 0.25) is 0 Å². The second-order valence-corrected chi connectivity index (χ2v) is 4.60. The van der Waals surface area contributed by atoms with Gasteiger partial charge in [0, 0.05) is 17.6 Å². The summed E-state index contributed by atoms with van der Waals surface area (Å²) in [6, 6.07) is 9.95. The van der Waals surface area contributed by atoms with Gasteiger partial charge >= 0.3 is 0 Å². The van der Waals surface area contributed by atoms with Crippen LogP contribution in [0, 0.1) is 12.7 Å². The first-order chi connectivity index (χ1) is 9.70. The predicted molar refractivity (Wildman–Crippen MR) is 75.6 cm³/mol. The van der Waals surface area contributed by atoms with Gasteiger partial charge in [-0.15, -0.1) is 0 Å². The number of pyridine rings is 2. The first-order valence-corrected chi connectivity index (χ1v) is 6.31. The third kappa shape index (κ3) is 2.04. The zero-order valence-corrected chi connectivity index (χ0v) is 11.0. The van der Waals surface area contributed by atoms with Crippen molar-refractivity contribution < 1.29 is 9.50 Å². The molecule has 0 saturated heterocycles. The number of hydrogen-bond acceptors (Lipinski definition) is 3. The molecule has 100 valence electrons. The van der Waals surface area contributed by atoms with Gasteiger partial charge < -0.3 is 5.11 Å². The number of benzene rings is 1. The lowest BCUT2D eigenvalue weighted by Gasteiger charge is -2.12. The summed E-state index contributed by atoms with van der Waals surface area (Å²) in [7, 11) is 0. The highest BCUT2D eigenvalue weighted by molar-refractivity contribution is 5.86. The standard InChI is InChI=1S/C16H13FN2O/c1-10-13(9-20)12-6-5-11(17)8-15(12)19-16(10)14-4-2-3-7-18-14/h2-8,20H,9H2,1H3. The van der Waals surface area contributed by atoms with E-state index in [1.165, 1.54) is 12.1 Å². The van der Waals surface area contributed by atoms with Gasteiger partial charge in [-0.2, -0.15) is 0 Å². The second kappa shape index (κ2) is 4.98. The van der Waals surface area contributed by atoms with E-state index in [1.54, 1.807) is 12.3 Å². The Kier molecular flexibility index (Phi) is 3.16. The average molecular weight is 268 g/mol. The number of nitrogens with zero attached hydrogens (tertiary/aromatic N) is 2. The van der Waals surface area contributed by atoms with Crippen LogP contribution in [-0.4, -0.2) is 15.1 Å². The van der Waals surface area contributed by atoms with Gasteiger partial charge in [0.25, 0.3) is 0 Å². The van der Waals surface area contributed by atoms with E-state index in [9.17, 15) is 9.50 Å². The van der Waals surface area contributed by atoms with E-state index >= 15 is 0 Å². The van der Waals surface area contributed by atoms with Crippen molar-refractivity contribution in [2.45, 2.75) is 13.5 Å². The zero-order chi connectivity index (χ0) is 14.1. The Balaban J connectivity index is 2.36. The van der Waals surface area contributed by atoms with Crippen LogP contribution in [0.15, 0.2) is 42.6 Å². The third-order valence-electron chi connectivity index (χ3n) is 3.39. The molecule has 1 aromatic carbocycles. The zero-order valence-electron chi connectivity index (χ0n) is 11.0. The topological polar surface area (TPSA) is 46.0 Å². The van der Waals surface area contributed by atoms with Gasteiger partial charge in [0.2, 0.25) is 0 Å². The van der Waals surface area contributed by atoms with E-state index in [0.717, 1.165) is 16.5 Å². The summed E-state index contributed by atoms with van der Waals surface area (Å²) < 4.78 is 13.4. The Hall–Kier alpha value is -2.33. The van der Waals surface area contributed by atoms with E-state index in [2.05, 4.69) is 9.97 Å². The van der Waals surface area contributed by atoms with Crippen LogP contribution in [0.1, 0.15) is 11.1 Å². The highest BCUT2D eigenvalue weighted by atomic mass is 19.1. The third-order valence-corrected chi connectivity index (χ3v) is 3.39. The molecule has 0 fully saturated rings. The molecular weight excluding hydrogens is 255 g/mol. The Morgan fingerprint density at radius 2 is 2.05 bits per heavy atom. The normalized spacial score (nSPS) is 10.9. The molecule has 0 aliphatic heterocycles. The molecule has 0 aliphatic carbocycles. The number of rotatable bonds is 2. The Morgan fingerprint density at radius 3 is 2.75 bits per heavy atom. The minimum Gasteiger partial charge on any atom is -0.392 e. The molecule has 4 heteroatoms. The second-order valence-electron chi connectivity index (χ2n) is 4.60. The lowest BCUT2D eigenvalue weighted by molar-refractivity contribution is 0.282. The fourth-order valence-corrected chi connectivity index (χ4v) is 2.36. The lowest BCUT2D eigenvalue weighted by atomic mass is 10.0. The summed E-state index contributed by atoms with van der Waals surface area (Å²) in [6.07, 6.45) is 1.69. The Bertz CT molecular complexity index is 772. The lowest BCUT2D eigenvalue weighted by Crippen LogP contribution is -1.99. The van der Waals surface area contributed by atoms with Gasteiger partial charge in [-0.3, -0.25) is 4.98 Å². The summed E-state index contributed by atoms with van der Waals surface area (Å²) in [4.78, 5) is 8.78. The maximum Gasteiger partial charge on any atom is 0.125 e. The molecule has 2 aromatic heterocycles. The number of hydrogen-bond donors (Lipinski definition) is 1. The van der Waals surface area contributed by atoms with Crippen molar-refractivity contribution in [2.75, 3.05) is 0 Å². The van der Waals surface area contributed by atoms with E-state index in [0.29, 0.717) is 16.9 Å². The van der Waals surface area contributed by atoms with Crippen LogP contribution in [0.4, 0.5) is 4.39 Å². The van der Waals surface area contributed by atoms with Crippen molar-refractivity contribution in [3.05, 3.63) is 59.5 Å². The van der Waals surface area contributed by atoms with Gasteiger partial charge in [-0.1, -0.05) is 6.07 Å². The van der Waals surface area contributed by atoms with Crippen molar-refractivity contribution in [1.82, 2.24) is 9.97 Å². The van der Waals surface area contributed by atoms with E-state index in [4.69, 9.17) is 0 Å². The maximum absolute atomic E-state index is 13.4. The SMILES string of the molecule is Cc1c(-c2ccccn2)nc2cc(F)ccc2c1CO. The molecule has 0 radical (unpaired) electrons. The summed E-state index contributed by atoms with van der Waals surface area (Å²) in [5, 5.41) is 10.4. The molecule has 20 heavy (non-hydrogen) atoms. The minimum atomic E-state index is -0.343. The maximum atomic E-state index is 13.4. The van der Waals surface area contributed by atoms with Gasteiger partial charge in [0.05, 0.1) is 23.5 Å². The largest absolute Gasteiger partial charge is 0.392 e. The smallest absolute Gasteiger partial charge is 0.125 e. The van der Waals surface area contributed by atoms with Gasteiger partial charge in [-0.05, 0) is 42.3 Å². The minimum absolute atomic E-state index is 0.115. The fraction of sp³-hybridized carbons (Fsp3) is 0.125. The molecule has 1 N–H and O–H groups in total. The molecule has 0 saturated carbocycles. The van der Waals surface area contributed by atoms with E-state index < -0.39 is 0 Å². The van der Waals surface area contributed by atoms with Crippen LogP contribution in [0.5, 0.6) is 0 Å². The summed E-state index contributed by atoms with van der Waals surface area (Å²) >= 11 is 0. The van der Waals surface area contributed by atoms with E-state index in [1.807, 2.05) is 25.1 Å².